The average Bonchev–Trinajstić information content (AvgIpc) is 3.11. The predicted octanol–water partition coefficient (Wildman–Crippen LogP) is 2.94. The van der Waals surface area contributed by atoms with Gasteiger partial charge < -0.3 is 5.32 Å². The molecule has 0 spiro atoms. The minimum Gasteiger partial charge on any atom is -0.356 e. The molecule has 1 N–H and O–H groups in total. The van der Waals surface area contributed by atoms with Crippen molar-refractivity contribution in [1.82, 2.24) is 5.32 Å². The number of carbonyl (C=O) groups is 1. The van der Waals surface area contributed by atoms with Crippen LogP contribution in [0, 0.1) is 6.92 Å². The van der Waals surface area contributed by atoms with Crippen LogP contribution in [-0.4, -0.2) is 12.5 Å². The molecule has 1 aliphatic rings. The lowest BCUT2D eigenvalue weighted by atomic mass is 9.92. The Hall–Kier alpha value is -1.31. The number of carbonyl (C=O) groups excluding carboxylic acids is 1. The largest absolute Gasteiger partial charge is 0.356 e. The highest BCUT2D eigenvalue weighted by molar-refractivity contribution is 5.75. The number of rotatable bonds is 5. The molecule has 0 aliphatic heterocycles. The summed E-state index contributed by atoms with van der Waals surface area (Å²) in [6.07, 6.45) is 4.18. The smallest absolute Gasteiger partial charge is 0.219 e. The van der Waals surface area contributed by atoms with Crippen LogP contribution in [0.5, 0.6) is 0 Å². The quantitative estimate of drug-likeness (QED) is 0.829. The second-order valence-corrected chi connectivity index (χ2v) is 5.10. The highest BCUT2D eigenvalue weighted by atomic mass is 16.1. The second-order valence-electron chi connectivity index (χ2n) is 5.10. The van der Waals surface area contributed by atoms with Crippen LogP contribution in [0.4, 0.5) is 0 Å². The van der Waals surface area contributed by atoms with E-state index in [1.54, 1.807) is 0 Å². The summed E-state index contributed by atoms with van der Waals surface area (Å²) in [4.78, 5) is 11.2. The van der Waals surface area contributed by atoms with Crippen molar-refractivity contribution in [3.63, 3.8) is 0 Å². The van der Waals surface area contributed by atoms with Crippen LogP contribution in [0.1, 0.15) is 43.7 Å². The molecule has 1 aromatic rings. The highest BCUT2D eigenvalue weighted by Gasteiger charge is 2.43. The molecule has 2 rings (SSSR count). The van der Waals surface area contributed by atoms with Gasteiger partial charge >= 0.3 is 0 Å². The lowest BCUT2D eigenvalue weighted by molar-refractivity contribution is -0.120. The third kappa shape index (κ3) is 2.87. The Morgan fingerprint density at radius 2 is 1.94 bits per heavy atom. The highest BCUT2D eigenvalue weighted by Crippen LogP contribution is 2.50. The van der Waals surface area contributed by atoms with Crippen LogP contribution in [0.25, 0.3) is 0 Å². The first-order valence-corrected chi connectivity index (χ1v) is 6.50. The van der Waals surface area contributed by atoms with E-state index in [1.807, 2.05) is 6.92 Å². The first kappa shape index (κ1) is 12.2. The molecule has 2 nitrogen and oxygen atoms in total. The van der Waals surface area contributed by atoms with Gasteiger partial charge in [-0.3, -0.25) is 4.79 Å². The van der Waals surface area contributed by atoms with Gasteiger partial charge in [0, 0.05) is 13.0 Å². The van der Waals surface area contributed by atoms with Gasteiger partial charge in [-0.25, -0.2) is 0 Å². The van der Waals surface area contributed by atoms with Crippen LogP contribution < -0.4 is 5.32 Å². The zero-order valence-corrected chi connectivity index (χ0v) is 10.8. The van der Waals surface area contributed by atoms with Crippen molar-refractivity contribution in [1.29, 1.82) is 0 Å². The Labute approximate surface area is 103 Å². The third-order valence-corrected chi connectivity index (χ3v) is 3.76. The van der Waals surface area contributed by atoms with Gasteiger partial charge in [0.25, 0.3) is 0 Å². The topological polar surface area (TPSA) is 29.1 Å². The number of hydrogen-bond acceptors (Lipinski definition) is 1. The van der Waals surface area contributed by atoms with Crippen molar-refractivity contribution in [3.05, 3.63) is 35.4 Å². The Morgan fingerprint density at radius 1 is 1.29 bits per heavy atom. The first-order chi connectivity index (χ1) is 8.16. The van der Waals surface area contributed by atoms with Gasteiger partial charge in [-0.2, -0.15) is 0 Å². The fourth-order valence-corrected chi connectivity index (χ4v) is 2.31. The van der Waals surface area contributed by atoms with E-state index < -0.39 is 0 Å². The Balaban J connectivity index is 1.91. The zero-order valence-electron chi connectivity index (χ0n) is 10.8. The maximum absolute atomic E-state index is 11.2. The van der Waals surface area contributed by atoms with Gasteiger partial charge in [0.15, 0.2) is 0 Å². The average molecular weight is 231 g/mol. The third-order valence-electron chi connectivity index (χ3n) is 3.76. The summed E-state index contributed by atoms with van der Waals surface area (Å²) in [5, 5.41) is 2.97. The number of aryl methyl sites for hydroxylation is 1. The predicted molar refractivity (Wildman–Crippen MR) is 70.0 cm³/mol. The summed E-state index contributed by atoms with van der Waals surface area (Å²) in [6, 6.07) is 8.84. The zero-order chi connectivity index (χ0) is 12.3. The molecule has 92 valence electrons. The van der Waals surface area contributed by atoms with Crippen molar-refractivity contribution < 1.29 is 4.79 Å². The molecule has 2 heteroatoms. The first-order valence-electron chi connectivity index (χ1n) is 6.50. The second kappa shape index (κ2) is 4.91. The maximum Gasteiger partial charge on any atom is 0.219 e. The van der Waals surface area contributed by atoms with Crippen molar-refractivity contribution in [2.24, 2.45) is 0 Å². The normalized spacial score (nSPS) is 16.6. The lowest BCUT2D eigenvalue weighted by Crippen LogP contribution is -2.26. The van der Waals surface area contributed by atoms with Crippen LogP contribution in [-0.2, 0) is 10.2 Å². The molecule has 1 aliphatic carbocycles. The van der Waals surface area contributed by atoms with E-state index in [-0.39, 0.29) is 5.91 Å². The van der Waals surface area contributed by atoms with Gasteiger partial charge in [-0.05, 0) is 37.2 Å². The van der Waals surface area contributed by atoms with Crippen molar-refractivity contribution in [2.75, 3.05) is 6.54 Å². The number of hydrogen-bond donors (Lipinski definition) is 1. The molecule has 1 aromatic carbocycles. The Bertz CT molecular complexity index is 390. The van der Waals surface area contributed by atoms with Crippen LogP contribution in [0.3, 0.4) is 0 Å². The summed E-state index contributed by atoms with van der Waals surface area (Å²) in [7, 11) is 0. The number of nitrogens with one attached hydrogen (secondary N) is 1. The van der Waals surface area contributed by atoms with Crippen molar-refractivity contribution in [3.8, 4) is 0 Å². The summed E-state index contributed by atoms with van der Waals surface area (Å²) in [5.74, 6) is 0.157. The van der Waals surface area contributed by atoms with E-state index >= 15 is 0 Å². The fourth-order valence-electron chi connectivity index (χ4n) is 2.31. The molecular formula is C15H21NO. The summed E-state index contributed by atoms with van der Waals surface area (Å²) in [5.41, 5.74) is 3.10. The van der Waals surface area contributed by atoms with Gasteiger partial charge in [0.1, 0.15) is 0 Å². The Kier molecular flexibility index (Phi) is 3.51. The van der Waals surface area contributed by atoms with Crippen molar-refractivity contribution in [2.45, 2.75) is 44.9 Å². The Morgan fingerprint density at radius 3 is 2.47 bits per heavy atom. The van der Waals surface area contributed by atoms with Crippen LogP contribution in [0.15, 0.2) is 24.3 Å². The van der Waals surface area contributed by atoms with E-state index in [2.05, 4.69) is 36.5 Å². The lowest BCUT2D eigenvalue weighted by Gasteiger charge is -2.16. The SMILES string of the molecule is CCC(=O)NCCC1(c2ccc(C)cc2)CC1. The molecule has 0 unspecified atom stereocenters. The number of benzene rings is 1. The van der Waals surface area contributed by atoms with Crippen LogP contribution in [0.2, 0.25) is 0 Å². The minimum absolute atomic E-state index is 0.157. The van der Waals surface area contributed by atoms with Gasteiger partial charge in [-0.15, -0.1) is 0 Å². The molecule has 17 heavy (non-hydrogen) atoms. The van der Waals surface area contributed by atoms with Gasteiger partial charge in [0.05, 0.1) is 0 Å². The minimum atomic E-state index is 0.157. The van der Waals surface area contributed by atoms with E-state index in [0.29, 0.717) is 11.8 Å². The molecule has 0 saturated heterocycles. The summed E-state index contributed by atoms with van der Waals surface area (Å²) < 4.78 is 0. The van der Waals surface area contributed by atoms with E-state index in [4.69, 9.17) is 0 Å². The van der Waals surface area contributed by atoms with E-state index in [9.17, 15) is 4.79 Å². The molecule has 1 amide bonds. The molecule has 0 aromatic heterocycles. The summed E-state index contributed by atoms with van der Waals surface area (Å²) >= 11 is 0. The fraction of sp³-hybridized carbons (Fsp3) is 0.533. The standard InChI is InChI=1S/C15H21NO/c1-3-14(17)16-11-10-15(8-9-15)13-6-4-12(2)5-7-13/h4-7H,3,8-11H2,1-2H3,(H,16,17). The molecule has 0 heterocycles. The molecule has 1 fully saturated rings. The van der Waals surface area contributed by atoms with Crippen molar-refractivity contribution >= 4 is 5.91 Å². The summed E-state index contributed by atoms with van der Waals surface area (Å²) in [6.45, 7) is 4.81. The maximum atomic E-state index is 11.2. The molecule has 0 radical (unpaired) electrons. The van der Waals surface area contributed by atoms with Gasteiger partial charge in [0.2, 0.25) is 5.91 Å². The molecule has 0 bridgehead atoms. The van der Waals surface area contributed by atoms with E-state index in [1.165, 1.54) is 24.0 Å². The molecular weight excluding hydrogens is 210 g/mol. The monoisotopic (exact) mass is 231 g/mol. The van der Waals surface area contributed by atoms with E-state index in [0.717, 1.165) is 13.0 Å². The molecule has 1 saturated carbocycles. The van der Waals surface area contributed by atoms with Gasteiger partial charge in [-0.1, -0.05) is 36.8 Å². The number of amides is 1. The van der Waals surface area contributed by atoms with Crippen LogP contribution >= 0.6 is 0 Å². The molecule has 0 atom stereocenters.